The largest absolute Gasteiger partial charge is 0.377 e. The van der Waals surface area contributed by atoms with Gasteiger partial charge in [0.05, 0.1) is 25.6 Å². The van der Waals surface area contributed by atoms with Crippen molar-refractivity contribution in [2.24, 2.45) is 11.3 Å². The van der Waals surface area contributed by atoms with Crippen molar-refractivity contribution in [2.75, 3.05) is 38.7 Å². The molecule has 0 fully saturated rings. The van der Waals surface area contributed by atoms with Crippen LogP contribution in [0.15, 0.2) is 0 Å². The van der Waals surface area contributed by atoms with E-state index in [0.717, 1.165) is 0 Å². The zero-order valence-corrected chi connectivity index (χ0v) is 18.1. The van der Waals surface area contributed by atoms with Crippen LogP contribution in [-0.2, 0) is 33.9 Å². The smallest absolute Gasteiger partial charge is 0.239 e. The van der Waals surface area contributed by atoms with Gasteiger partial charge in [0, 0.05) is 18.4 Å². The number of carbonyl (C=O) groups excluding carboxylic acids is 3. The third-order valence-electron chi connectivity index (χ3n) is 3.72. The van der Waals surface area contributed by atoms with Crippen molar-refractivity contribution in [1.82, 2.24) is 10.0 Å². The molecule has 0 saturated carbocycles. The molecule has 0 rings (SSSR count). The molecule has 164 valence electrons. The lowest BCUT2D eigenvalue weighted by atomic mass is 9.83. The standard InChI is InChI=1S/C18H34N2O7S/c1-15(2)14-18(3,4)17(23)20-28(24,25)13-5-6-16(22)19-7-9-26-11-12-27-10-8-21/h8,15H,5-7,9-14H2,1-4H3,(H,19,22)(H,20,23). The van der Waals surface area contributed by atoms with Gasteiger partial charge in [0.25, 0.3) is 0 Å². The molecule has 0 heterocycles. The zero-order chi connectivity index (χ0) is 21.6. The van der Waals surface area contributed by atoms with Gasteiger partial charge in [0.1, 0.15) is 12.9 Å². The van der Waals surface area contributed by atoms with Crippen LogP contribution in [0.25, 0.3) is 0 Å². The predicted molar refractivity (Wildman–Crippen MR) is 105 cm³/mol. The SMILES string of the molecule is CC(C)CC(C)(C)C(=O)NS(=O)(=O)CCCC(=O)NCCOCCOCC=O. The van der Waals surface area contributed by atoms with E-state index in [1.54, 1.807) is 13.8 Å². The number of nitrogens with one attached hydrogen (secondary N) is 2. The first-order valence-electron chi connectivity index (χ1n) is 9.41. The number of ether oxygens (including phenoxy) is 2. The lowest BCUT2D eigenvalue weighted by Gasteiger charge is -2.25. The fourth-order valence-corrected chi connectivity index (χ4v) is 3.75. The van der Waals surface area contributed by atoms with E-state index in [-0.39, 0.29) is 43.6 Å². The highest BCUT2D eigenvalue weighted by atomic mass is 32.2. The molecule has 0 aliphatic carbocycles. The van der Waals surface area contributed by atoms with Crippen LogP contribution in [0.1, 0.15) is 47.0 Å². The molecule has 0 bridgehead atoms. The summed E-state index contributed by atoms with van der Waals surface area (Å²) < 4.78 is 36.3. The summed E-state index contributed by atoms with van der Waals surface area (Å²) in [6, 6.07) is 0. The highest BCUT2D eigenvalue weighted by Gasteiger charge is 2.31. The number of sulfonamides is 1. The van der Waals surface area contributed by atoms with Crippen molar-refractivity contribution in [1.29, 1.82) is 0 Å². The third-order valence-corrected chi connectivity index (χ3v) is 5.05. The Morgan fingerprint density at radius 2 is 1.75 bits per heavy atom. The summed E-state index contributed by atoms with van der Waals surface area (Å²) in [5, 5.41) is 2.61. The molecule has 0 aliphatic heterocycles. The van der Waals surface area contributed by atoms with Gasteiger partial charge >= 0.3 is 0 Å². The quantitative estimate of drug-likeness (QED) is 0.276. The minimum atomic E-state index is -3.78. The average Bonchev–Trinajstić information content (AvgIpc) is 2.55. The first-order valence-corrected chi connectivity index (χ1v) is 11.1. The molecule has 0 radical (unpaired) electrons. The van der Waals surface area contributed by atoms with Crippen molar-refractivity contribution < 1.29 is 32.3 Å². The molecule has 2 N–H and O–H groups in total. The van der Waals surface area contributed by atoms with Crippen LogP contribution in [0.4, 0.5) is 0 Å². The van der Waals surface area contributed by atoms with E-state index in [1.807, 2.05) is 13.8 Å². The minimum Gasteiger partial charge on any atom is -0.377 e. The van der Waals surface area contributed by atoms with Gasteiger partial charge in [-0.3, -0.25) is 14.3 Å². The van der Waals surface area contributed by atoms with E-state index in [4.69, 9.17) is 9.47 Å². The Hall–Kier alpha value is -1.52. The summed E-state index contributed by atoms with van der Waals surface area (Å²) in [4.78, 5) is 33.9. The van der Waals surface area contributed by atoms with Crippen molar-refractivity contribution >= 4 is 28.1 Å². The predicted octanol–water partition coefficient (Wildman–Crippen LogP) is 0.633. The highest BCUT2D eigenvalue weighted by Crippen LogP contribution is 2.25. The molecule has 0 aliphatic rings. The molecule has 0 aromatic carbocycles. The van der Waals surface area contributed by atoms with Gasteiger partial charge in [-0.1, -0.05) is 27.7 Å². The van der Waals surface area contributed by atoms with E-state index in [2.05, 4.69) is 10.0 Å². The molecule has 2 amide bonds. The van der Waals surface area contributed by atoms with Gasteiger partial charge < -0.3 is 19.6 Å². The van der Waals surface area contributed by atoms with Crippen LogP contribution in [0.5, 0.6) is 0 Å². The van der Waals surface area contributed by atoms with Crippen molar-refractivity contribution in [3.8, 4) is 0 Å². The van der Waals surface area contributed by atoms with E-state index in [1.165, 1.54) is 0 Å². The highest BCUT2D eigenvalue weighted by molar-refractivity contribution is 7.90. The molecule has 0 saturated heterocycles. The lowest BCUT2D eigenvalue weighted by molar-refractivity contribution is -0.128. The molecule has 9 nitrogen and oxygen atoms in total. The van der Waals surface area contributed by atoms with Gasteiger partial charge in [-0.05, 0) is 18.8 Å². The van der Waals surface area contributed by atoms with Gasteiger partial charge in [-0.15, -0.1) is 0 Å². The minimum absolute atomic E-state index is 0.0265. The lowest BCUT2D eigenvalue weighted by Crippen LogP contribution is -2.42. The molecular formula is C18H34N2O7S. The fraction of sp³-hybridized carbons (Fsp3) is 0.833. The average molecular weight is 423 g/mol. The molecule has 0 aromatic heterocycles. The van der Waals surface area contributed by atoms with Crippen molar-refractivity contribution in [3.05, 3.63) is 0 Å². The van der Waals surface area contributed by atoms with Crippen LogP contribution >= 0.6 is 0 Å². The Morgan fingerprint density at radius 3 is 2.36 bits per heavy atom. The zero-order valence-electron chi connectivity index (χ0n) is 17.3. The van der Waals surface area contributed by atoms with Gasteiger partial charge in [0.2, 0.25) is 21.8 Å². The second-order valence-corrected chi connectivity index (χ2v) is 9.38. The summed E-state index contributed by atoms with van der Waals surface area (Å²) in [5.41, 5.74) is -0.781. The number of amides is 2. The Kier molecular flexibility index (Phi) is 12.9. The van der Waals surface area contributed by atoms with E-state index < -0.39 is 21.3 Å². The number of hydrogen-bond donors (Lipinski definition) is 2. The summed E-state index contributed by atoms with van der Waals surface area (Å²) in [5.74, 6) is -0.850. The monoisotopic (exact) mass is 422 g/mol. The third kappa shape index (κ3) is 13.6. The van der Waals surface area contributed by atoms with E-state index in [9.17, 15) is 22.8 Å². The van der Waals surface area contributed by atoms with Crippen LogP contribution in [0.3, 0.4) is 0 Å². The van der Waals surface area contributed by atoms with Crippen LogP contribution in [0, 0.1) is 11.3 Å². The summed E-state index contributed by atoms with van der Waals surface area (Å²) >= 11 is 0. The maximum absolute atomic E-state index is 12.2. The van der Waals surface area contributed by atoms with Crippen molar-refractivity contribution in [3.63, 3.8) is 0 Å². The van der Waals surface area contributed by atoms with E-state index in [0.29, 0.717) is 32.5 Å². The first kappa shape index (κ1) is 26.5. The molecule has 0 spiro atoms. The van der Waals surface area contributed by atoms with Crippen LogP contribution < -0.4 is 10.0 Å². The topological polar surface area (TPSA) is 128 Å². The summed E-state index contributed by atoms with van der Waals surface area (Å²) in [7, 11) is -3.78. The molecule has 10 heteroatoms. The van der Waals surface area contributed by atoms with Crippen LogP contribution in [0.2, 0.25) is 0 Å². The number of hydrogen-bond acceptors (Lipinski definition) is 7. The molecule has 0 aromatic rings. The van der Waals surface area contributed by atoms with Crippen molar-refractivity contribution in [2.45, 2.75) is 47.0 Å². The number of carbonyl (C=O) groups is 3. The van der Waals surface area contributed by atoms with Gasteiger partial charge in [-0.25, -0.2) is 8.42 Å². The van der Waals surface area contributed by atoms with Gasteiger partial charge in [-0.2, -0.15) is 0 Å². The first-order chi connectivity index (χ1) is 13.0. The number of aldehydes is 1. The molecule has 28 heavy (non-hydrogen) atoms. The Balaban J connectivity index is 3.99. The summed E-state index contributed by atoms with van der Waals surface area (Å²) in [6.07, 6.45) is 1.37. The Labute approximate surface area is 168 Å². The second-order valence-electron chi connectivity index (χ2n) is 7.54. The molecule has 0 unspecified atom stereocenters. The summed E-state index contributed by atoms with van der Waals surface area (Å²) in [6.45, 7) is 8.57. The number of rotatable bonds is 16. The maximum Gasteiger partial charge on any atom is 0.239 e. The Bertz CT molecular complexity index is 589. The molecular weight excluding hydrogens is 388 g/mol. The van der Waals surface area contributed by atoms with Crippen LogP contribution in [-0.4, -0.2) is 65.2 Å². The van der Waals surface area contributed by atoms with Gasteiger partial charge in [0.15, 0.2) is 0 Å². The normalized spacial score (nSPS) is 12.0. The molecule has 0 atom stereocenters. The fourth-order valence-electron chi connectivity index (χ4n) is 2.57. The second kappa shape index (κ2) is 13.6. The maximum atomic E-state index is 12.2. The Morgan fingerprint density at radius 1 is 1.11 bits per heavy atom. The van der Waals surface area contributed by atoms with E-state index >= 15 is 0 Å².